The molecule has 3 heterocycles. The Kier molecular flexibility index (Phi) is 4.72. The molecule has 0 aliphatic heterocycles. The SMILES string of the molecule is C[C@@]1(CCCCc2cccc(N)n2)CCC(n2ccc3c(N)ncnc32)C1. The summed E-state index contributed by atoms with van der Waals surface area (Å²) >= 11 is 0. The average Bonchev–Trinajstić information content (AvgIpc) is 3.24. The lowest BCUT2D eigenvalue weighted by Gasteiger charge is -2.24. The van der Waals surface area contributed by atoms with Crippen LogP contribution < -0.4 is 11.5 Å². The lowest BCUT2D eigenvalue weighted by atomic mass is 9.83. The van der Waals surface area contributed by atoms with Crippen LogP contribution in [0.2, 0.25) is 0 Å². The van der Waals surface area contributed by atoms with E-state index in [0.717, 1.165) is 29.6 Å². The topological polar surface area (TPSA) is 95.6 Å². The molecule has 6 heteroatoms. The largest absolute Gasteiger partial charge is 0.384 e. The van der Waals surface area contributed by atoms with E-state index >= 15 is 0 Å². The van der Waals surface area contributed by atoms with Crippen LogP contribution in [0, 0.1) is 5.41 Å². The van der Waals surface area contributed by atoms with Crippen molar-refractivity contribution < 1.29 is 0 Å². The molecule has 1 saturated carbocycles. The molecule has 0 aromatic carbocycles. The van der Waals surface area contributed by atoms with Gasteiger partial charge in [0, 0.05) is 17.9 Å². The van der Waals surface area contributed by atoms with Crippen molar-refractivity contribution in [1.29, 1.82) is 0 Å². The number of hydrogen-bond donors (Lipinski definition) is 2. The van der Waals surface area contributed by atoms with Gasteiger partial charge >= 0.3 is 0 Å². The molecule has 1 aliphatic rings. The van der Waals surface area contributed by atoms with Gasteiger partial charge in [-0.25, -0.2) is 15.0 Å². The Morgan fingerprint density at radius 1 is 1.19 bits per heavy atom. The Labute approximate surface area is 160 Å². The van der Waals surface area contributed by atoms with E-state index < -0.39 is 0 Å². The molecule has 0 saturated heterocycles. The lowest BCUT2D eigenvalue weighted by Crippen LogP contribution is -2.13. The third-order valence-electron chi connectivity index (χ3n) is 6.03. The molecule has 142 valence electrons. The maximum Gasteiger partial charge on any atom is 0.145 e. The van der Waals surface area contributed by atoms with E-state index in [1.807, 2.05) is 18.2 Å². The van der Waals surface area contributed by atoms with Gasteiger partial charge in [0.05, 0.1) is 5.39 Å². The van der Waals surface area contributed by atoms with Gasteiger partial charge in [-0.15, -0.1) is 0 Å². The molecule has 6 nitrogen and oxygen atoms in total. The van der Waals surface area contributed by atoms with Crippen LogP contribution in [-0.2, 0) is 6.42 Å². The van der Waals surface area contributed by atoms with E-state index in [2.05, 4.69) is 38.7 Å². The quantitative estimate of drug-likeness (QED) is 0.641. The third kappa shape index (κ3) is 3.75. The van der Waals surface area contributed by atoms with Crippen molar-refractivity contribution in [3.63, 3.8) is 0 Å². The predicted molar refractivity (Wildman–Crippen MR) is 109 cm³/mol. The zero-order valence-electron chi connectivity index (χ0n) is 15.9. The number of aryl methyl sites for hydroxylation is 1. The van der Waals surface area contributed by atoms with Gasteiger partial charge in [-0.3, -0.25) is 0 Å². The number of aromatic nitrogens is 4. The summed E-state index contributed by atoms with van der Waals surface area (Å²) in [6.07, 6.45) is 12.0. The zero-order valence-corrected chi connectivity index (χ0v) is 15.9. The van der Waals surface area contributed by atoms with Gasteiger partial charge in [-0.2, -0.15) is 0 Å². The highest BCUT2D eigenvalue weighted by atomic mass is 15.1. The smallest absolute Gasteiger partial charge is 0.145 e. The highest BCUT2D eigenvalue weighted by Gasteiger charge is 2.35. The van der Waals surface area contributed by atoms with Crippen molar-refractivity contribution in [2.45, 2.75) is 57.9 Å². The number of anilines is 2. The molecule has 0 spiro atoms. The van der Waals surface area contributed by atoms with Crippen molar-refractivity contribution in [3.8, 4) is 0 Å². The van der Waals surface area contributed by atoms with Gasteiger partial charge in [0.25, 0.3) is 0 Å². The van der Waals surface area contributed by atoms with Crippen molar-refractivity contribution in [2.75, 3.05) is 11.5 Å². The Hall–Kier alpha value is -2.63. The molecule has 3 aromatic heterocycles. The molecule has 1 unspecified atom stereocenters. The van der Waals surface area contributed by atoms with Crippen molar-refractivity contribution in [3.05, 3.63) is 42.5 Å². The summed E-state index contributed by atoms with van der Waals surface area (Å²) in [5.74, 6) is 1.18. The fourth-order valence-electron chi connectivity index (χ4n) is 4.53. The average molecular weight is 364 g/mol. The molecule has 0 radical (unpaired) electrons. The van der Waals surface area contributed by atoms with Gasteiger partial charge in [0.15, 0.2) is 0 Å². The molecule has 2 atom stereocenters. The summed E-state index contributed by atoms with van der Waals surface area (Å²) in [4.78, 5) is 13.0. The minimum Gasteiger partial charge on any atom is -0.384 e. The van der Waals surface area contributed by atoms with Crippen LogP contribution >= 0.6 is 0 Å². The van der Waals surface area contributed by atoms with Crippen LogP contribution in [0.1, 0.15) is 57.2 Å². The summed E-state index contributed by atoms with van der Waals surface area (Å²) in [7, 11) is 0. The monoisotopic (exact) mass is 364 g/mol. The first kappa shape index (κ1) is 17.8. The second-order valence-corrected chi connectivity index (χ2v) is 8.19. The van der Waals surface area contributed by atoms with E-state index in [-0.39, 0.29) is 0 Å². The van der Waals surface area contributed by atoms with Crippen LogP contribution in [0.25, 0.3) is 11.0 Å². The molecule has 1 fully saturated rings. The van der Waals surface area contributed by atoms with Crippen molar-refractivity contribution >= 4 is 22.7 Å². The Morgan fingerprint density at radius 3 is 2.93 bits per heavy atom. The number of nitrogens with two attached hydrogens (primary N) is 2. The summed E-state index contributed by atoms with van der Waals surface area (Å²) in [6, 6.07) is 8.43. The van der Waals surface area contributed by atoms with E-state index in [4.69, 9.17) is 11.5 Å². The number of nitrogen functional groups attached to an aromatic ring is 2. The first-order valence-electron chi connectivity index (χ1n) is 9.82. The maximum absolute atomic E-state index is 5.98. The van der Waals surface area contributed by atoms with Gasteiger partial charge < -0.3 is 16.0 Å². The number of unbranched alkanes of at least 4 members (excludes halogenated alkanes) is 1. The Morgan fingerprint density at radius 2 is 2.07 bits per heavy atom. The number of nitrogens with zero attached hydrogens (tertiary/aromatic N) is 4. The van der Waals surface area contributed by atoms with Crippen LogP contribution in [0.4, 0.5) is 11.6 Å². The van der Waals surface area contributed by atoms with Gasteiger partial charge in [-0.1, -0.05) is 19.4 Å². The third-order valence-corrected chi connectivity index (χ3v) is 6.03. The Balaban J connectivity index is 1.34. The minimum absolute atomic E-state index is 0.392. The molecule has 4 N–H and O–H groups in total. The van der Waals surface area contributed by atoms with E-state index in [1.165, 1.54) is 32.1 Å². The highest BCUT2D eigenvalue weighted by Crippen LogP contribution is 2.48. The van der Waals surface area contributed by atoms with Gasteiger partial charge in [-0.05, 0) is 62.1 Å². The molecular formula is C21H28N6. The molecule has 3 aromatic rings. The summed E-state index contributed by atoms with van der Waals surface area (Å²) in [6.45, 7) is 2.43. The van der Waals surface area contributed by atoms with Gasteiger partial charge in [0.2, 0.25) is 0 Å². The second-order valence-electron chi connectivity index (χ2n) is 8.19. The van der Waals surface area contributed by atoms with Crippen LogP contribution in [0.5, 0.6) is 0 Å². The van der Waals surface area contributed by atoms with E-state index in [0.29, 0.717) is 23.1 Å². The molecule has 0 bridgehead atoms. The number of fused-ring (bicyclic) bond motifs is 1. The molecule has 4 rings (SSSR count). The minimum atomic E-state index is 0.392. The fourth-order valence-corrected chi connectivity index (χ4v) is 4.53. The number of pyridine rings is 1. The lowest BCUT2D eigenvalue weighted by molar-refractivity contribution is 0.284. The highest BCUT2D eigenvalue weighted by molar-refractivity contribution is 5.86. The van der Waals surface area contributed by atoms with E-state index in [9.17, 15) is 0 Å². The molecule has 27 heavy (non-hydrogen) atoms. The second kappa shape index (κ2) is 7.18. The van der Waals surface area contributed by atoms with Crippen LogP contribution in [-0.4, -0.2) is 19.5 Å². The maximum atomic E-state index is 5.98. The van der Waals surface area contributed by atoms with Gasteiger partial charge in [0.1, 0.15) is 23.6 Å². The first-order chi connectivity index (χ1) is 13.0. The predicted octanol–water partition coefficient (Wildman–Crippen LogP) is 4.14. The number of rotatable bonds is 6. The molecular weight excluding hydrogens is 336 g/mol. The summed E-state index contributed by atoms with van der Waals surface area (Å²) in [5, 5.41) is 0.959. The Bertz CT molecular complexity index is 933. The fraction of sp³-hybridized carbons (Fsp3) is 0.476. The van der Waals surface area contributed by atoms with Crippen molar-refractivity contribution in [2.24, 2.45) is 5.41 Å². The van der Waals surface area contributed by atoms with Crippen LogP contribution in [0.3, 0.4) is 0 Å². The van der Waals surface area contributed by atoms with Crippen molar-refractivity contribution in [1.82, 2.24) is 19.5 Å². The van der Waals surface area contributed by atoms with Crippen LogP contribution in [0.15, 0.2) is 36.8 Å². The molecule has 0 amide bonds. The standard InChI is InChI=1S/C21H28N6/c1-21(10-3-2-5-15-6-4-7-18(22)26-15)11-8-16(13-21)27-12-9-17-19(23)24-14-25-20(17)27/h4,6-7,9,12,14,16H,2-3,5,8,10-11,13H2,1H3,(H2,22,26)(H2,23,24,25)/t16?,21-/m1/s1. The zero-order chi connectivity index (χ0) is 18.9. The van der Waals surface area contributed by atoms with E-state index in [1.54, 1.807) is 6.33 Å². The summed E-state index contributed by atoms with van der Waals surface area (Å²) in [5.41, 5.74) is 14.2. The number of hydrogen-bond acceptors (Lipinski definition) is 5. The first-order valence-corrected chi connectivity index (χ1v) is 9.82. The summed E-state index contributed by atoms with van der Waals surface area (Å²) < 4.78 is 2.30. The normalized spacial score (nSPS) is 22.5. The molecule has 1 aliphatic carbocycles.